The van der Waals surface area contributed by atoms with Crippen molar-refractivity contribution in [2.24, 2.45) is 0 Å². The molecule has 0 aliphatic carbocycles. The highest BCUT2D eigenvalue weighted by Gasteiger charge is 2.36. The number of imidazole rings is 2. The average molecular weight is 334 g/mol. The third kappa shape index (κ3) is 2.21. The molecule has 0 aliphatic rings. The molecule has 0 radical (unpaired) electrons. The monoisotopic (exact) mass is 334 g/mol. The van der Waals surface area contributed by atoms with E-state index in [0.29, 0.717) is 23.0 Å². The molecular weight excluding hydrogens is 325 g/mol. The number of fused-ring (bicyclic) bond motifs is 1. The van der Waals surface area contributed by atoms with Crippen LogP contribution in [0.15, 0.2) is 24.7 Å². The van der Waals surface area contributed by atoms with E-state index in [4.69, 9.17) is 0 Å². The van der Waals surface area contributed by atoms with Crippen molar-refractivity contribution < 1.29 is 13.2 Å². The Morgan fingerprint density at radius 1 is 1.17 bits per heavy atom. The summed E-state index contributed by atoms with van der Waals surface area (Å²) < 4.78 is 39.9. The van der Waals surface area contributed by atoms with Crippen LogP contribution < -0.4 is 0 Å². The predicted molar refractivity (Wildman–Crippen MR) is 75.7 cm³/mol. The molecule has 0 aromatic carbocycles. The van der Waals surface area contributed by atoms with E-state index in [9.17, 15) is 13.2 Å². The van der Waals surface area contributed by atoms with E-state index in [2.05, 4.69) is 35.1 Å². The van der Waals surface area contributed by atoms with Crippen molar-refractivity contribution >= 4 is 5.78 Å². The summed E-state index contributed by atoms with van der Waals surface area (Å²) in [5.41, 5.74) is 1.16. The Balaban J connectivity index is 1.97. The Kier molecular flexibility index (Phi) is 2.92. The van der Waals surface area contributed by atoms with Crippen LogP contribution in [0, 0.1) is 6.92 Å². The first-order valence-corrected chi connectivity index (χ1v) is 6.79. The van der Waals surface area contributed by atoms with E-state index in [0.717, 1.165) is 0 Å². The molecule has 4 aromatic heterocycles. The fourth-order valence-corrected chi connectivity index (χ4v) is 2.33. The maximum atomic E-state index is 12.7. The topological polar surface area (TPSA) is 100 Å². The number of alkyl halides is 3. The summed E-state index contributed by atoms with van der Waals surface area (Å²) in [6, 6.07) is 1.68. The average Bonchev–Trinajstić information content (AvgIpc) is 3.22. The molecule has 24 heavy (non-hydrogen) atoms. The van der Waals surface area contributed by atoms with Gasteiger partial charge in [0.05, 0.1) is 0 Å². The van der Waals surface area contributed by atoms with Crippen molar-refractivity contribution in [1.82, 2.24) is 39.5 Å². The highest BCUT2D eigenvalue weighted by Crippen LogP contribution is 2.32. The van der Waals surface area contributed by atoms with E-state index >= 15 is 0 Å². The van der Waals surface area contributed by atoms with E-state index in [1.807, 2.05) is 0 Å². The largest absolute Gasteiger partial charge is 0.453 e. The minimum Gasteiger partial charge on any atom is -0.348 e. The van der Waals surface area contributed by atoms with Crippen LogP contribution in [0.25, 0.3) is 28.7 Å². The van der Waals surface area contributed by atoms with Gasteiger partial charge in [0, 0.05) is 18.6 Å². The highest BCUT2D eigenvalue weighted by molar-refractivity contribution is 5.76. The quantitative estimate of drug-likeness (QED) is 0.585. The van der Waals surface area contributed by atoms with Gasteiger partial charge in [-0.25, -0.2) is 19.9 Å². The molecule has 4 aromatic rings. The molecule has 4 heterocycles. The van der Waals surface area contributed by atoms with Crippen LogP contribution >= 0.6 is 0 Å². The maximum Gasteiger partial charge on any atom is 0.453 e. The zero-order chi connectivity index (χ0) is 16.9. The number of aromatic nitrogens is 8. The van der Waals surface area contributed by atoms with E-state index in [-0.39, 0.29) is 11.5 Å². The zero-order valence-corrected chi connectivity index (χ0v) is 12.1. The number of nitrogens with one attached hydrogen (secondary N) is 2. The van der Waals surface area contributed by atoms with E-state index < -0.39 is 12.0 Å². The third-order valence-corrected chi connectivity index (χ3v) is 3.32. The van der Waals surface area contributed by atoms with Crippen molar-refractivity contribution in [2.45, 2.75) is 13.1 Å². The Morgan fingerprint density at radius 3 is 2.67 bits per heavy atom. The van der Waals surface area contributed by atoms with Gasteiger partial charge in [-0.05, 0) is 13.0 Å². The molecular formula is C13H9F3N8. The van der Waals surface area contributed by atoms with Crippen molar-refractivity contribution in [2.75, 3.05) is 0 Å². The van der Waals surface area contributed by atoms with Crippen LogP contribution in [0.5, 0.6) is 0 Å². The molecule has 0 bridgehead atoms. The lowest BCUT2D eigenvalue weighted by molar-refractivity contribution is -0.144. The zero-order valence-electron chi connectivity index (χ0n) is 12.1. The Labute approximate surface area is 131 Å². The van der Waals surface area contributed by atoms with Crippen LogP contribution in [0.3, 0.4) is 0 Å². The van der Waals surface area contributed by atoms with Crippen molar-refractivity contribution in [3.63, 3.8) is 0 Å². The second-order valence-corrected chi connectivity index (χ2v) is 4.98. The van der Waals surface area contributed by atoms with Gasteiger partial charge in [0.25, 0.3) is 5.82 Å². The fourth-order valence-electron chi connectivity index (χ4n) is 2.33. The molecule has 8 nitrogen and oxygen atoms in total. The first-order chi connectivity index (χ1) is 11.4. The molecule has 0 saturated heterocycles. The summed E-state index contributed by atoms with van der Waals surface area (Å²) in [6.45, 7) is 1.76. The molecule has 0 amide bonds. The standard InChI is InChI=1S/C13H9F3N8/c1-6-18-5-7(19-6)9-8(20-12-17-3-2-4-24(9)12)10-21-11(23-22-10)13(14,15)16/h2-5H,1H3,(H,18,19)(H,21,22,23). The molecule has 0 spiro atoms. The summed E-state index contributed by atoms with van der Waals surface area (Å²) in [5.74, 6) is -0.397. The number of hydrogen-bond donors (Lipinski definition) is 2. The Bertz CT molecular complexity index is 1030. The molecule has 0 aliphatic heterocycles. The van der Waals surface area contributed by atoms with Gasteiger partial charge >= 0.3 is 6.18 Å². The number of H-pyrrole nitrogens is 2. The van der Waals surface area contributed by atoms with Crippen LogP contribution in [0.1, 0.15) is 11.6 Å². The molecule has 2 N–H and O–H groups in total. The SMILES string of the molecule is Cc1nc(-c2c(-c3nc(C(F)(F)F)n[nH]3)nc3ncccn23)c[nH]1. The highest BCUT2D eigenvalue weighted by atomic mass is 19.4. The molecule has 122 valence electrons. The second-order valence-electron chi connectivity index (χ2n) is 4.98. The van der Waals surface area contributed by atoms with E-state index in [1.165, 1.54) is 6.20 Å². The van der Waals surface area contributed by atoms with Crippen LogP contribution in [-0.2, 0) is 6.18 Å². The minimum atomic E-state index is -4.64. The summed E-state index contributed by atoms with van der Waals surface area (Å²) in [7, 11) is 0. The first kappa shape index (κ1) is 14.4. The summed E-state index contributed by atoms with van der Waals surface area (Å²) >= 11 is 0. The number of rotatable bonds is 2. The van der Waals surface area contributed by atoms with Gasteiger partial charge in [0.15, 0.2) is 5.82 Å². The van der Waals surface area contributed by atoms with Crippen molar-refractivity contribution in [3.05, 3.63) is 36.3 Å². The number of halogens is 3. The number of aryl methyl sites for hydroxylation is 1. The number of hydrogen-bond acceptors (Lipinski definition) is 5. The molecule has 11 heteroatoms. The van der Waals surface area contributed by atoms with Gasteiger partial charge < -0.3 is 4.98 Å². The lowest BCUT2D eigenvalue weighted by Crippen LogP contribution is -2.07. The molecule has 4 rings (SSSR count). The predicted octanol–water partition coefficient (Wildman–Crippen LogP) is 2.23. The van der Waals surface area contributed by atoms with Gasteiger partial charge in [-0.3, -0.25) is 9.50 Å². The molecule has 0 fully saturated rings. The van der Waals surface area contributed by atoms with Crippen LogP contribution in [0.4, 0.5) is 13.2 Å². The Hall–Kier alpha value is -3.24. The first-order valence-electron chi connectivity index (χ1n) is 6.79. The minimum absolute atomic E-state index is 0.108. The van der Waals surface area contributed by atoms with Crippen molar-refractivity contribution in [1.29, 1.82) is 0 Å². The molecule has 0 atom stereocenters. The fraction of sp³-hybridized carbons (Fsp3) is 0.154. The normalized spacial score (nSPS) is 12.2. The smallest absolute Gasteiger partial charge is 0.348 e. The van der Waals surface area contributed by atoms with Gasteiger partial charge in [-0.2, -0.15) is 13.2 Å². The second kappa shape index (κ2) is 4.88. The van der Waals surface area contributed by atoms with E-state index in [1.54, 1.807) is 29.8 Å². The lowest BCUT2D eigenvalue weighted by atomic mass is 10.2. The maximum absolute atomic E-state index is 12.7. The number of nitrogens with zero attached hydrogens (tertiary/aromatic N) is 6. The summed E-state index contributed by atoms with van der Waals surface area (Å²) in [4.78, 5) is 19.1. The molecule has 0 unspecified atom stereocenters. The van der Waals surface area contributed by atoms with Crippen molar-refractivity contribution in [3.8, 4) is 22.9 Å². The summed E-state index contributed by atoms with van der Waals surface area (Å²) in [6.07, 6.45) is 0.220. The third-order valence-electron chi connectivity index (χ3n) is 3.32. The Morgan fingerprint density at radius 2 is 2.00 bits per heavy atom. The lowest BCUT2D eigenvalue weighted by Gasteiger charge is -1.99. The number of aromatic amines is 2. The van der Waals surface area contributed by atoms with Gasteiger partial charge in [-0.15, -0.1) is 5.10 Å². The van der Waals surface area contributed by atoms with Gasteiger partial charge in [-0.1, -0.05) is 0 Å². The van der Waals surface area contributed by atoms with Crippen LogP contribution in [0.2, 0.25) is 0 Å². The van der Waals surface area contributed by atoms with Crippen LogP contribution in [-0.4, -0.2) is 39.5 Å². The van der Waals surface area contributed by atoms with Gasteiger partial charge in [0.1, 0.15) is 22.9 Å². The molecule has 0 saturated carbocycles. The summed E-state index contributed by atoms with van der Waals surface area (Å²) in [5, 5.41) is 5.50. The van der Waals surface area contributed by atoms with Gasteiger partial charge in [0.2, 0.25) is 5.78 Å².